The van der Waals surface area contributed by atoms with E-state index in [9.17, 15) is 14.7 Å². The second-order valence-corrected chi connectivity index (χ2v) is 5.74. The van der Waals surface area contributed by atoms with Crippen molar-refractivity contribution in [1.29, 1.82) is 0 Å². The van der Waals surface area contributed by atoms with Crippen molar-refractivity contribution in [3.8, 4) is 0 Å². The molecule has 5 heteroatoms. The average Bonchev–Trinajstić information content (AvgIpc) is 2.67. The molecule has 0 fully saturated rings. The van der Waals surface area contributed by atoms with E-state index in [1.165, 1.54) is 0 Å². The molecule has 1 amide bonds. The molecule has 0 saturated heterocycles. The molecule has 0 radical (unpaired) electrons. The Morgan fingerprint density at radius 3 is 2.45 bits per heavy atom. The number of nitrogens with one attached hydrogen (secondary N) is 1. The van der Waals surface area contributed by atoms with E-state index < -0.39 is 5.97 Å². The van der Waals surface area contributed by atoms with Gasteiger partial charge in [-0.3, -0.25) is 4.79 Å². The highest BCUT2D eigenvalue weighted by Crippen LogP contribution is 2.16. The van der Waals surface area contributed by atoms with Gasteiger partial charge in [-0.1, -0.05) is 13.8 Å². The minimum absolute atomic E-state index is 0.0129. The van der Waals surface area contributed by atoms with E-state index in [1.54, 1.807) is 12.3 Å². The highest BCUT2D eigenvalue weighted by molar-refractivity contribution is 5.89. The smallest absolute Gasteiger partial charge is 0.337 e. The molecule has 0 atom stereocenters. The van der Waals surface area contributed by atoms with Crippen molar-refractivity contribution in [2.45, 2.75) is 53.1 Å². The number of nitrogens with zero attached hydrogens (tertiary/aromatic N) is 1. The number of aromatic nitrogens is 1. The molecule has 0 aromatic carbocycles. The number of carboxylic acid groups (broad SMARTS) is 1. The van der Waals surface area contributed by atoms with Crippen molar-refractivity contribution >= 4 is 11.9 Å². The normalized spacial score (nSPS) is 11.1. The van der Waals surface area contributed by atoms with Gasteiger partial charge < -0.3 is 15.0 Å². The summed E-state index contributed by atoms with van der Waals surface area (Å²) in [5.41, 5.74) is 1.13. The van der Waals surface area contributed by atoms with Crippen LogP contribution in [0.4, 0.5) is 0 Å². The Labute approximate surface area is 120 Å². The SMILES string of the molecule is CC(C)Cc1c(C(=O)O)ccn1CCC(=O)NC(C)C. The zero-order chi connectivity index (χ0) is 15.3. The van der Waals surface area contributed by atoms with Crippen LogP contribution in [0.3, 0.4) is 0 Å². The van der Waals surface area contributed by atoms with E-state index in [-0.39, 0.29) is 11.9 Å². The van der Waals surface area contributed by atoms with E-state index in [0.717, 1.165) is 5.69 Å². The molecule has 0 bridgehead atoms. The van der Waals surface area contributed by atoms with Crippen LogP contribution in [0, 0.1) is 5.92 Å². The Hall–Kier alpha value is -1.78. The first-order valence-corrected chi connectivity index (χ1v) is 7.02. The fourth-order valence-corrected chi connectivity index (χ4v) is 2.14. The lowest BCUT2D eigenvalue weighted by molar-refractivity contribution is -0.121. The van der Waals surface area contributed by atoms with Crippen LogP contribution in [0.2, 0.25) is 0 Å². The molecular formula is C15H24N2O3. The van der Waals surface area contributed by atoms with Gasteiger partial charge in [-0.2, -0.15) is 0 Å². The zero-order valence-electron chi connectivity index (χ0n) is 12.6. The van der Waals surface area contributed by atoms with Crippen LogP contribution < -0.4 is 5.32 Å². The Kier molecular flexibility index (Phi) is 5.80. The van der Waals surface area contributed by atoms with Gasteiger partial charge in [-0.05, 0) is 32.3 Å². The van der Waals surface area contributed by atoms with Crippen LogP contribution >= 0.6 is 0 Å². The van der Waals surface area contributed by atoms with Gasteiger partial charge in [0.15, 0.2) is 0 Å². The molecule has 1 heterocycles. The van der Waals surface area contributed by atoms with Gasteiger partial charge in [0.1, 0.15) is 0 Å². The maximum Gasteiger partial charge on any atom is 0.337 e. The lowest BCUT2D eigenvalue weighted by Gasteiger charge is -2.13. The Morgan fingerprint density at radius 2 is 1.95 bits per heavy atom. The fraction of sp³-hybridized carbons (Fsp3) is 0.600. The van der Waals surface area contributed by atoms with Crippen molar-refractivity contribution < 1.29 is 14.7 Å². The summed E-state index contributed by atoms with van der Waals surface area (Å²) >= 11 is 0. The summed E-state index contributed by atoms with van der Waals surface area (Å²) in [4.78, 5) is 22.9. The molecule has 1 rings (SSSR count). The van der Waals surface area contributed by atoms with E-state index >= 15 is 0 Å². The molecule has 1 aromatic heterocycles. The molecule has 0 aliphatic heterocycles. The van der Waals surface area contributed by atoms with Gasteiger partial charge in [0.2, 0.25) is 5.91 Å². The van der Waals surface area contributed by atoms with Gasteiger partial charge in [0.05, 0.1) is 5.56 Å². The van der Waals surface area contributed by atoms with Crippen LogP contribution in [0.15, 0.2) is 12.3 Å². The molecule has 0 unspecified atom stereocenters. The van der Waals surface area contributed by atoms with E-state index in [2.05, 4.69) is 19.2 Å². The van der Waals surface area contributed by atoms with E-state index in [1.807, 2.05) is 18.4 Å². The standard InChI is InChI=1S/C15H24N2O3/c1-10(2)9-13-12(15(19)20)5-7-17(13)8-6-14(18)16-11(3)4/h5,7,10-11H,6,8-9H2,1-4H3,(H,16,18)(H,19,20). The summed E-state index contributed by atoms with van der Waals surface area (Å²) in [6, 6.07) is 1.73. The van der Waals surface area contributed by atoms with Gasteiger partial charge in [0.25, 0.3) is 0 Å². The first-order valence-electron chi connectivity index (χ1n) is 7.02. The molecular weight excluding hydrogens is 256 g/mol. The minimum Gasteiger partial charge on any atom is -0.478 e. The van der Waals surface area contributed by atoms with Crippen LogP contribution in [0.1, 0.15) is 50.2 Å². The third-order valence-electron chi connectivity index (χ3n) is 2.94. The predicted octanol–water partition coefficient (Wildman–Crippen LogP) is 2.30. The van der Waals surface area contributed by atoms with E-state index in [0.29, 0.717) is 30.9 Å². The second-order valence-electron chi connectivity index (χ2n) is 5.74. The van der Waals surface area contributed by atoms with Crippen molar-refractivity contribution in [3.05, 3.63) is 23.5 Å². The molecule has 20 heavy (non-hydrogen) atoms. The van der Waals surface area contributed by atoms with E-state index in [4.69, 9.17) is 0 Å². The molecule has 0 spiro atoms. The lowest BCUT2D eigenvalue weighted by Crippen LogP contribution is -2.30. The topological polar surface area (TPSA) is 71.3 Å². The molecule has 0 aliphatic rings. The van der Waals surface area contributed by atoms with Gasteiger partial charge in [-0.15, -0.1) is 0 Å². The number of aryl methyl sites for hydroxylation is 1. The zero-order valence-corrected chi connectivity index (χ0v) is 12.6. The summed E-state index contributed by atoms with van der Waals surface area (Å²) < 4.78 is 1.88. The van der Waals surface area contributed by atoms with Crippen molar-refractivity contribution in [1.82, 2.24) is 9.88 Å². The third-order valence-corrected chi connectivity index (χ3v) is 2.94. The van der Waals surface area contributed by atoms with Crippen molar-refractivity contribution in [2.24, 2.45) is 5.92 Å². The van der Waals surface area contributed by atoms with Gasteiger partial charge in [-0.25, -0.2) is 4.79 Å². The highest BCUT2D eigenvalue weighted by Gasteiger charge is 2.16. The quantitative estimate of drug-likeness (QED) is 0.805. The number of hydrogen-bond acceptors (Lipinski definition) is 2. The Morgan fingerprint density at radius 1 is 1.30 bits per heavy atom. The predicted molar refractivity (Wildman–Crippen MR) is 77.8 cm³/mol. The monoisotopic (exact) mass is 280 g/mol. The van der Waals surface area contributed by atoms with Crippen LogP contribution in [-0.2, 0) is 17.8 Å². The maximum atomic E-state index is 11.7. The number of hydrogen-bond donors (Lipinski definition) is 2. The van der Waals surface area contributed by atoms with Gasteiger partial charge in [0, 0.05) is 30.9 Å². The Bertz CT molecular complexity index is 475. The summed E-state index contributed by atoms with van der Waals surface area (Å²) in [6.07, 6.45) is 2.81. The number of carboxylic acids is 1. The first-order chi connectivity index (χ1) is 9.31. The minimum atomic E-state index is -0.911. The number of amides is 1. The molecule has 1 aromatic rings. The van der Waals surface area contributed by atoms with Crippen molar-refractivity contribution in [2.75, 3.05) is 0 Å². The van der Waals surface area contributed by atoms with Crippen molar-refractivity contribution in [3.63, 3.8) is 0 Å². The molecule has 5 nitrogen and oxygen atoms in total. The van der Waals surface area contributed by atoms with Crippen LogP contribution in [-0.4, -0.2) is 27.6 Å². The molecule has 0 aliphatic carbocycles. The molecule has 0 saturated carbocycles. The summed E-state index contributed by atoms with van der Waals surface area (Å²) in [7, 11) is 0. The third kappa shape index (κ3) is 4.72. The Balaban J connectivity index is 2.79. The number of carbonyl (C=O) groups is 2. The first kappa shape index (κ1) is 16.3. The number of rotatable bonds is 7. The largest absolute Gasteiger partial charge is 0.478 e. The van der Waals surface area contributed by atoms with Crippen LogP contribution in [0.25, 0.3) is 0 Å². The van der Waals surface area contributed by atoms with Crippen LogP contribution in [0.5, 0.6) is 0 Å². The second kappa shape index (κ2) is 7.12. The summed E-state index contributed by atoms with van der Waals surface area (Å²) in [5.74, 6) is -0.557. The highest BCUT2D eigenvalue weighted by atomic mass is 16.4. The molecule has 112 valence electrons. The summed E-state index contributed by atoms with van der Waals surface area (Å²) in [5, 5.41) is 12.0. The van der Waals surface area contributed by atoms with Gasteiger partial charge >= 0.3 is 5.97 Å². The summed E-state index contributed by atoms with van der Waals surface area (Å²) in [6.45, 7) is 8.44. The number of aromatic carboxylic acids is 1. The maximum absolute atomic E-state index is 11.7. The average molecular weight is 280 g/mol. The fourth-order valence-electron chi connectivity index (χ4n) is 2.14. The molecule has 2 N–H and O–H groups in total. The number of carbonyl (C=O) groups excluding carboxylic acids is 1. The lowest BCUT2D eigenvalue weighted by atomic mass is 10.0.